The maximum absolute atomic E-state index is 12.2. The molecule has 2 fully saturated rings. The summed E-state index contributed by atoms with van der Waals surface area (Å²) in [6.07, 6.45) is 2.48. The number of carbonyl (C=O) groups is 2. The minimum absolute atomic E-state index is 0.0357. The maximum atomic E-state index is 12.2. The number of hydrogen-bond acceptors (Lipinski definition) is 3. The smallest absolute Gasteiger partial charge is 0.226 e. The molecule has 1 aliphatic carbocycles. The molecule has 0 bridgehead atoms. The number of nitrogens with zero attached hydrogens (tertiary/aromatic N) is 1. The van der Waals surface area contributed by atoms with Crippen LogP contribution in [-0.4, -0.2) is 29.8 Å². The zero-order valence-electron chi connectivity index (χ0n) is 10.3. The molecule has 1 saturated carbocycles. The summed E-state index contributed by atoms with van der Waals surface area (Å²) in [5, 5.41) is 5.00. The van der Waals surface area contributed by atoms with Gasteiger partial charge in [0.1, 0.15) is 0 Å². The largest absolute Gasteiger partial charge is 0.353 e. The van der Waals surface area contributed by atoms with Gasteiger partial charge in [-0.05, 0) is 24.3 Å². The van der Waals surface area contributed by atoms with Crippen molar-refractivity contribution in [1.82, 2.24) is 10.2 Å². The Morgan fingerprint density at radius 3 is 2.89 bits per heavy atom. The summed E-state index contributed by atoms with van der Waals surface area (Å²) in [6, 6.07) is 4.23. The first-order valence-electron chi connectivity index (χ1n) is 6.26. The molecule has 0 unspecified atom stereocenters. The lowest BCUT2D eigenvalue weighted by molar-refractivity contribution is -0.128. The predicted octanol–water partition coefficient (Wildman–Crippen LogP) is 1.55. The molecule has 0 radical (unpaired) electrons. The highest BCUT2D eigenvalue weighted by Gasteiger charge is 2.44. The van der Waals surface area contributed by atoms with Crippen LogP contribution in [0.5, 0.6) is 0 Å². The average Bonchev–Trinajstić information content (AvgIpc) is 2.89. The Morgan fingerprint density at radius 1 is 1.50 bits per heavy atom. The number of amides is 2. The van der Waals surface area contributed by atoms with E-state index in [1.807, 2.05) is 17.5 Å². The molecular weight excluding hydrogens is 248 g/mol. The van der Waals surface area contributed by atoms with E-state index in [0.29, 0.717) is 12.5 Å². The van der Waals surface area contributed by atoms with Crippen LogP contribution in [0.4, 0.5) is 0 Å². The molecule has 0 spiro atoms. The Labute approximate surface area is 110 Å². The predicted molar refractivity (Wildman–Crippen MR) is 69.1 cm³/mol. The monoisotopic (exact) mass is 264 g/mol. The number of nitrogens with one attached hydrogen (secondary N) is 1. The van der Waals surface area contributed by atoms with Gasteiger partial charge in [0.25, 0.3) is 0 Å². The minimum Gasteiger partial charge on any atom is -0.353 e. The Kier molecular flexibility index (Phi) is 2.86. The number of likely N-dealkylation sites (tertiary alicyclic amines) is 1. The molecule has 4 nitrogen and oxygen atoms in total. The van der Waals surface area contributed by atoms with Crippen molar-refractivity contribution in [3.8, 4) is 0 Å². The summed E-state index contributed by atoms with van der Waals surface area (Å²) in [6.45, 7) is 0. The molecule has 0 aromatic carbocycles. The molecule has 2 aliphatic rings. The van der Waals surface area contributed by atoms with E-state index in [4.69, 9.17) is 0 Å². The van der Waals surface area contributed by atoms with Gasteiger partial charge in [0.15, 0.2) is 0 Å². The van der Waals surface area contributed by atoms with E-state index in [-0.39, 0.29) is 23.8 Å². The molecular formula is C13H16N2O2S. The van der Waals surface area contributed by atoms with Gasteiger partial charge >= 0.3 is 0 Å². The van der Waals surface area contributed by atoms with Crippen LogP contribution in [0.15, 0.2) is 17.5 Å². The molecule has 1 N–H and O–H groups in total. The van der Waals surface area contributed by atoms with Crippen molar-refractivity contribution in [1.29, 1.82) is 0 Å². The van der Waals surface area contributed by atoms with Crippen molar-refractivity contribution in [2.24, 2.45) is 5.92 Å². The topological polar surface area (TPSA) is 49.4 Å². The second-order valence-corrected chi connectivity index (χ2v) is 6.04. The summed E-state index contributed by atoms with van der Waals surface area (Å²) >= 11 is 1.61. The lowest BCUT2D eigenvalue weighted by Crippen LogP contribution is -2.35. The molecule has 2 heterocycles. The molecule has 2 atom stereocenters. The fraction of sp³-hybridized carbons (Fsp3) is 0.538. The third kappa shape index (κ3) is 2.03. The highest BCUT2D eigenvalue weighted by Crippen LogP contribution is 2.39. The Balaban J connectivity index is 1.82. The molecule has 18 heavy (non-hydrogen) atoms. The number of rotatable bonds is 3. The van der Waals surface area contributed by atoms with Crippen LogP contribution in [0, 0.1) is 5.92 Å². The highest BCUT2D eigenvalue weighted by atomic mass is 32.1. The van der Waals surface area contributed by atoms with Crippen molar-refractivity contribution in [2.75, 3.05) is 7.05 Å². The van der Waals surface area contributed by atoms with Gasteiger partial charge in [0, 0.05) is 24.4 Å². The fourth-order valence-electron chi connectivity index (χ4n) is 2.49. The molecule has 1 aliphatic heterocycles. The van der Waals surface area contributed by atoms with Crippen molar-refractivity contribution in [3.63, 3.8) is 0 Å². The first-order chi connectivity index (χ1) is 8.66. The van der Waals surface area contributed by atoms with Gasteiger partial charge in [-0.25, -0.2) is 0 Å². The summed E-state index contributed by atoms with van der Waals surface area (Å²) in [5.74, 6) is -0.139. The normalized spacial score (nSPS) is 27.6. The number of hydrogen-bond donors (Lipinski definition) is 1. The SMILES string of the molecule is CN1C(=O)C[C@H](C(=O)NC2CC2)[C@H]1c1cccs1. The summed E-state index contributed by atoms with van der Waals surface area (Å²) in [4.78, 5) is 26.9. The first kappa shape index (κ1) is 11.7. The number of thiophene rings is 1. The Bertz CT molecular complexity index is 467. The van der Waals surface area contributed by atoms with Gasteiger partial charge in [-0.15, -0.1) is 11.3 Å². The van der Waals surface area contributed by atoms with Crippen molar-refractivity contribution in [2.45, 2.75) is 31.3 Å². The van der Waals surface area contributed by atoms with Crippen LogP contribution in [0.1, 0.15) is 30.2 Å². The fourth-order valence-corrected chi connectivity index (χ4v) is 3.42. The Hall–Kier alpha value is -1.36. The zero-order valence-corrected chi connectivity index (χ0v) is 11.1. The van der Waals surface area contributed by atoms with Gasteiger partial charge in [0.05, 0.1) is 12.0 Å². The van der Waals surface area contributed by atoms with Crippen LogP contribution in [-0.2, 0) is 9.59 Å². The molecule has 1 aromatic rings. The lowest BCUT2D eigenvalue weighted by Gasteiger charge is -2.23. The van der Waals surface area contributed by atoms with E-state index in [1.54, 1.807) is 23.3 Å². The standard InChI is InChI=1S/C13H16N2O2S/c1-15-11(16)7-9(13(17)14-8-4-5-8)12(15)10-3-2-6-18-10/h2-3,6,8-9,12H,4-5,7H2,1H3,(H,14,17)/t9-,12-/m0/s1. The van der Waals surface area contributed by atoms with E-state index in [9.17, 15) is 9.59 Å². The lowest BCUT2D eigenvalue weighted by atomic mass is 9.98. The summed E-state index contributed by atoms with van der Waals surface area (Å²) in [5.41, 5.74) is 0. The maximum Gasteiger partial charge on any atom is 0.226 e. The third-order valence-electron chi connectivity index (χ3n) is 3.68. The highest BCUT2D eigenvalue weighted by molar-refractivity contribution is 7.10. The van der Waals surface area contributed by atoms with E-state index < -0.39 is 0 Å². The van der Waals surface area contributed by atoms with Crippen LogP contribution in [0.25, 0.3) is 0 Å². The zero-order chi connectivity index (χ0) is 12.7. The molecule has 1 saturated heterocycles. The molecule has 96 valence electrons. The van der Waals surface area contributed by atoms with Gasteiger partial charge < -0.3 is 10.2 Å². The summed E-state index contributed by atoms with van der Waals surface area (Å²) in [7, 11) is 1.79. The van der Waals surface area contributed by atoms with Crippen molar-refractivity contribution >= 4 is 23.2 Å². The van der Waals surface area contributed by atoms with Crippen LogP contribution >= 0.6 is 11.3 Å². The molecule has 3 rings (SSSR count). The molecule has 5 heteroatoms. The minimum atomic E-state index is -0.234. The average molecular weight is 264 g/mol. The molecule has 2 amide bonds. The van der Waals surface area contributed by atoms with Crippen LogP contribution < -0.4 is 5.32 Å². The van der Waals surface area contributed by atoms with Crippen molar-refractivity contribution < 1.29 is 9.59 Å². The van der Waals surface area contributed by atoms with Gasteiger partial charge in [0.2, 0.25) is 11.8 Å². The number of carbonyl (C=O) groups excluding carboxylic acids is 2. The van der Waals surface area contributed by atoms with Crippen LogP contribution in [0.2, 0.25) is 0 Å². The third-order valence-corrected chi connectivity index (χ3v) is 4.62. The van der Waals surface area contributed by atoms with E-state index in [2.05, 4.69) is 5.32 Å². The van der Waals surface area contributed by atoms with E-state index >= 15 is 0 Å². The van der Waals surface area contributed by atoms with E-state index in [0.717, 1.165) is 17.7 Å². The van der Waals surface area contributed by atoms with Gasteiger partial charge in [-0.3, -0.25) is 9.59 Å². The van der Waals surface area contributed by atoms with Crippen molar-refractivity contribution in [3.05, 3.63) is 22.4 Å². The molecule has 1 aromatic heterocycles. The van der Waals surface area contributed by atoms with Gasteiger partial charge in [-0.1, -0.05) is 6.07 Å². The van der Waals surface area contributed by atoms with Gasteiger partial charge in [-0.2, -0.15) is 0 Å². The first-order valence-corrected chi connectivity index (χ1v) is 7.14. The van der Waals surface area contributed by atoms with Crippen LogP contribution in [0.3, 0.4) is 0 Å². The van der Waals surface area contributed by atoms with E-state index in [1.165, 1.54) is 0 Å². The quantitative estimate of drug-likeness (QED) is 0.900. The second-order valence-electron chi connectivity index (χ2n) is 5.06. The second kappa shape index (κ2) is 4.39. The summed E-state index contributed by atoms with van der Waals surface area (Å²) < 4.78 is 0. The Morgan fingerprint density at radius 2 is 2.28 bits per heavy atom.